The third kappa shape index (κ3) is 5.17. The highest BCUT2D eigenvalue weighted by Crippen LogP contribution is 2.21. The van der Waals surface area contributed by atoms with E-state index in [-0.39, 0.29) is 10.5 Å². The van der Waals surface area contributed by atoms with Gasteiger partial charge in [-0.05, 0) is 48.7 Å². The first kappa shape index (κ1) is 20.2. The maximum atomic E-state index is 12.3. The Morgan fingerprint density at radius 3 is 2.44 bits per heavy atom. The highest BCUT2D eigenvalue weighted by molar-refractivity contribution is 7.89. The lowest BCUT2D eigenvalue weighted by Gasteiger charge is -2.11. The molecule has 7 nitrogen and oxygen atoms in total. The fourth-order valence-electron chi connectivity index (χ4n) is 2.45. The lowest BCUT2D eigenvalue weighted by Crippen LogP contribution is -2.15. The van der Waals surface area contributed by atoms with Gasteiger partial charge in [-0.15, -0.1) is 0 Å². The number of amides is 1. The maximum absolute atomic E-state index is 12.3. The number of rotatable bonds is 6. The Labute approximate surface area is 158 Å². The molecule has 0 aliphatic heterocycles. The zero-order chi connectivity index (χ0) is 20.0. The molecule has 0 radical (unpaired) electrons. The Bertz CT molecular complexity index is 1020. The Balaban J connectivity index is 2.17. The Morgan fingerprint density at radius 2 is 1.89 bits per heavy atom. The Hall–Kier alpha value is -3.15. The molecule has 0 saturated heterocycles. The van der Waals surface area contributed by atoms with Crippen LogP contribution in [0, 0.1) is 18.3 Å². The minimum absolute atomic E-state index is 0.0649. The first-order valence-corrected chi connectivity index (χ1v) is 9.70. The second kappa shape index (κ2) is 8.49. The van der Waals surface area contributed by atoms with E-state index >= 15 is 0 Å². The van der Waals surface area contributed by atoms with Crippen LogP contribution in [-0.4, -0.2) is 14.3 Å². The van der Waals surface area contributed by atoms with E-state index < -0.39 is 15.9 Å². The van der Waals surface area contributed by atoms with Crippen molar-refractivity contribution in [3.63, 3.8) is 0 Å². The molecule has 2 aromatic rings. The Morgan fingerprint density at radius 1 is 1.22 bits per heavy atom. The van der Waals surface area contributed by atoms with Crippen molar-refractivity contribution >= 4 is 27.3 Å². The highest BCUT2D eigenvalue weighted by Gasteiger charge is 2.12. The molecule has 0 aliphatic carbocycles. The van der Waals surface area contributed by atoms with Gasteiger partial charge in [0.2, 0.25) is 10.0 Å². The van der Waals surface area contributed by atoms with Crippen LogP contribution in [-0.2, 0) is 21.2 Å². The molecule has 0 heterocycles. The molecule has 27 heavy (non-hydrogen) atoms. The normalized spacial score (nSPS) is 11.6. The van der Waals surface area contributed by atoms with Crippen molar-refractivity contribution in [3.05, 3.63) is 65.4 Å². The lowest BCUT2D eigenvalue weighted by molar-refractivity contribution is -0.112. The van der Waals surface area contributed by atoms with E-state index in [1.807, 2.05) is 38.1 Å². The van der Waals surface area contributed by atoms with Crippen LogP contribution in [0.15, 0.2) is 59.1 Å². The van der Waals surface area contributed by atoms with Crippen molar-refractivity contribution in [2.24, 2.45) is 5.14 Å². The van der Waals surface area contributed by atoms with E-state index in [9.17, 15) is 18.5 Å². The SMILES string of the molecule is CCc1cccc(C)c1N/C=C(/C#N)C(=O)Nc1ccc(S(N)(=O)=O)cc1. The van der Waals surface area contributed by atoms with Crippen molar-refractivity contribution in [3.8, 4) is 6.07 Å². The van der Waals surface area contributed by atoms with E-state index in [4.69, 9.17) is 5.14 Å². The van der Waals surface area contributed by atoms with Gasteiger partial charge in [-0.25, -0.2) is 13.6 Å². The summed E-state index contributed by atoms with van der Waals surface area (Å²) in [6, 6.07) is 13.1. The zero-order valence-corrected chi connectivity index (χ0v) is 15.8. The summed E-state index contributed by atoms with van der Waals surface area (Å²) < 4.78 is 22.5. The van der Waals surface area contributed by atoms with E-state index in [2.05, 4.69) is 10.6 Å². The van der Waals surface area contributed by atoms with E-state index in [0.29, 0.717) is 5.69 Å². The smallest absolute Gasteiger partial charge is 0.267 e. The van der Waals surface area contributed by atoms with Gasteiger partial charge in [0, 0.05) is 17.6 Å². The first-order valence-electron chi connectivity index (χ1n) is 8.15. The third-order valence-electron chi connectivity index (χ3n) is 3.91. The fourth-order valence-corrected chi connectivity index (χ4v) is 2.96. The van der Waals surface area contributed by atoms with Crippen LogP contribution in [0.2, 0.25) is 0 Å². The molecule has 0 unspecified atom stereocenters. The first-order chi connectivity index (χ1) is 12.8. The number of primary sulfonamides is 1. The number of anilines is 2. The van der Waals surface area contributed by atoms with E-state index in [1.54, 1.807) is 0 Å². The van der Waals surface area contributed by atoms with Crippen molar-refractivity contribution in [1.29, 1.82) is 5.26 Å². The van der Waals surface area contributed by atoms with Gasteiger partial charge in [0.15, 0.2) is 0 Å². The topological polar surface area (TPSA) is 125 Å². The number of nitrogens with zero attached hydrogens (tertiary/aromatic N) is 1. The number of benzene rings is 2. The summed E-state index contributed by atoms with van der Waals surface area (Å²) in [5, 5.41) is 19.9. The van der Waals surface area contributed by atoms with Crippen LogP contribution in [0.5, 0.6) is 0 Å². The number of aryl methyl sites for hydroxylation is 2. The summed E-state index contributed by atoms with van der Waals surface area (Å²) in [6.45, 7) is 3.96. The minimum atomic E-state index is -3.81. The molecule has 0 aliphatic rings. The number of sulfonamides is 1. The van der Waals surface area contributed by atoms with Gasteiger partial charge >= 0.3 is 0 Å². The Kier molecular flexibility index (Phi) is 6.34. The summed E-state index contributed by atoms with van der Waals surface area (Å²) in [5.74, 6) is -0.611. The molecule has 1 amide bonds. The average Bonchev–Trinajstić information content (AvgIpc) is 2.62. The summed E-state index contributed by atoms with van der Waals surface area (Å²) in [7, 11) is -3.81. The molecule has 0 saturated carbocycles. The predicted octanol–water partition coefficient (Wildman–Crippen LogP) is 2.66. The van der Waals surface area contributed by atoms with E-state index in [1.165, 1.54) is 30.5 Å². The predicted molar refractivity (Wildman–Crippen MR) is 104 cm³/mol. The van der Waals surface area contributed by atoms with Gasteiger partial charge in [0.25, 0.3) is 5.91 Å². The second-order valence-electron chi connectivity index (χ2n) is 5.80. The van der Waals surface area contributed by atoms with Crippen LogP contribution in [0.4, 0.5) is 11.4 Å². The molecule has 0 aromatic heterocycles. The molecule has 8 heteroatoms. The summed E-state index contributed by atoms with van der Waals surface area (Å²) in [6.07, 6.45) is 2.16. The maximum Gasteiger partial charge on any atom is 0.267 e. The molecule has 4 N–H and O–H groups in total. The number of carbonyl (C=O) groups excluding carboxylic acids is 1. The second-order valence-corrected chi connectivity index (χ2v) is 7.36. The van der Waals surface area contributed by atoms with Crippen molar-refractivity contribution in [2.45, 2.75) is 25.2 Å². The van der Waals surface area contributed by atoms with Gasteiger partial charge in [-0.2, -0.15) is 5.26 Å². The minimum Gasteiger partial charge on any atom is -0.360 e. The monoisotopic (exact) mass is 384 g/mol. The molecule has 0 atom stereocenters. The molecule has 0 bridgehead atoms. The van der Waals surface area contributed by atoms with Crippen LogP contribution in [0.25, 0.3) is 0 Å². The summed E-state index contributed by atoms with van der Waals surface area (Å²) >= 11 is 0. The van der Waals surface area contributed by atoms with Crippen LogP contribution >= 0.6 is 0 Å². The molecule has 0 fully saturated rings. The van der Waals surface area contributed by atoms with E-state index in [0.717, 1.165) is 23.2 Å². The fraction of sp³-hybridized carbons (Fsp3) is 0.158. The number of nitrogens with two attached hydrogens (primary N) is 1. The highest BCUT2D eigenvalue weighted by atomic mass is 32.2. The number of nitriles is 1. The molecule has 140 valence electrons. The van der Waals surface area contributed by atoms with Crippen LogP contribution in [0.1, 0.15) is 18.1 Å². The molecular formula is C19H20N4O3S. The average molecular weight is 384 g/mol. The van der Waals surface area contributed by atoms with Crippen LogP contribution in [0.3, 0.4) is 0 Å². The number of carbonyl (C=O) groups is 1. The van der Waals surface area contributed by atoms with Gasteiger partial charge in [0.05, 0.1) is 4.90 Å². The quantitative estimate of drug-likeness (QED) is 0.521. The summed E-state index contributed by atoms with van der Waals surface area (Å²) in [4.78, 5) is 12.2. The largest absolute Gasteiger partial charge is 0.360 e. The third-order valence-corrected chi connectivity index (χ3v) is 4.84. The van der Waals surface area contributed by atoms with Crippen molar-refractivity contribution in [2.75, 3.05) is 10.6 Å². The van der Waals surface area contributed by atoms with Gasteiger partial charge in [-0.3, -0.25) is 4.79 Å². The summed E-state index contributed by atoms with van der Waals surface area (Å²) in [5.41, 5.74) is 3.16. The van der Waals surface area contributed by atoms with Gasteiger partial charge < -0.3 is 10.6 Å². The van der Waals surface area contributed by atoms with Crippen molar-refractivity contribution in [1.82, 2.24) is 0 Å². The molecule has 0 spiro atoms. The van der Waals surface area contributed by atoms with Crippen LogP contribution < -0.4 is 15.8 Å². The number of nitrogens with one attached hydrogen (secondary N) is 2. The lowest BCUT2D eigenvalue weighted by atomic mass is 10.1. The van der Waals surface area contributed by atoms with Crippen molar-refractivity contribution < 1.29 is 13.2 Å². The molecule has 2 rings (SSSR count). The molecule has 2 aromatic carbocycles. The van der Waals surface area contributed by atoms with Gasteiger partial charge in [-0.1, -0.05) is 25.1 Å². The number of hydrogen-bond donors (Lipinski definition) is 3. The number of hydrogen-bond acceptors (Lipinski definition) is 5. The van der Waals surface area contributed by atoms with Gasteiger partial charge in [0.1, 0.15) is 11.6 Å². The molecular weight excluding hydrogens is 364 g/mol. The number of para-hydroxylation sites is 1. The standard InChI is InChI=1S/C19H20N4O3S/c1-3-14-6-4-5-13(2)18(14)22-12-15(11-20)19(24)23-16-7-9-17(10-8-16)27(21,25)26/h4-10,12,22H,3H2,1-2H3,(H,23,24)(H2,21,25,26)/b15-12-. The zero-order valence-electron chi connectivity index (χ0n) is 15.0.